The Kier molecular flexibility index (Phi) is 3.24. The minimum atomic E-state index is -1.38. The van der Waals surface area contributed by atoms with Crippen LogP contribution >= 0.6 is 0 Å². The molecular weight excluding hydrogens is 138 g/mol. The van der Waals surface area contributed by atoms with Crippen molar-refractivity contribution in [1.82, 2.24) is 0 Å². The summed E-state index contributed by atoms with van der Waals surface area (Å²) in [6, 6.07) is -1.38. The minimum absolute atomic E-state index is 1.16. The van der Waals surface area contributed by atoms with Gasteiger partial charge in [-0.25, -0.2) is 0 Å². The SMILES string of the molecule is C[C@@H](O)[C@H](N=[N+]=[N-])C(=O)O. The average Bonchev–Trinajstić information content (AvgIpc) is 1.81. The van der Waals surface area contributed by atoms with Crippen LogP contribution in [0.1, 0.15) is 6.92 Å². The van der Waals surface area contributed by atoms with Crippen molar-refractivity contribution in [1.29, 1.82) is 0 Å². The summed E-state index contributed by atoms with van der Waals surface area (Å²) in [5.41, 5.74) is 7.82. The Morgan fingerprint density at radius 2 is 2.30 bits per heavy atom. The lowest BCUT2D eigenvalue weighted by Gasteiger charge is -2.06. The van der Waals surface area contributed by atoms with Gasteiger partial charge in [-0.05, 0) is 12.5 Å². The molecular formula is C4H7N3O3. The molecule has 10 heavy (non-hydrogen) atoms. The van der Waals surface area contributed by atoms with Crippen LogP contribution in [0.4, 0.5) is 0 Å². The molecule has 0 spiro atoms. The van der Waals surface area contributed by atoms with E-state index in [4.69, 9.17) is 15.7 Å². The number of carboxylic acid groups (broad SMARTS) is 1. The quantitative estimate of drug-likeness (QED) is 0.334. The standard InChI is InChI=1S/C4H7N3O3/c1-2(8)3(4(9)10)6-7-5/h2-3,8H,1H3,(H,9,10)/t2-,3+/m1/s1. The zero-order chi connectivity index (χ0) is 8.15. The normalized spacial score (nSPS) is 15.0. The number of hydrogen-bond donors (Lipinski definition) is 2. The molecule has 0 aliphatic carbocycles. The van der Waals surface area contributed by atoms with E-state index in [0.717, 1.165) is 0 Å². The highest BCUT2D eigenvalue weighted by Crippen LogP contribution is 1.98. The lowest BCUT2D eigenvalue weighted by Crippen LogP contribution is -2.29. The van der Waals surface area contributed by atoms with Gasteiger partial charge in [0, 0.05) is 4.91 Å². The van der Waals surface area contributed by atoms with E-state index >= 15 is 0 Å². The molecule has 0 bridgehead atoms. The summed E-state index contributed by atoms with van der Waals surface area (Å²) in [4.78, 5) is 12.4. The van der Waals surface area contributed by atoms with Gasteiger partial charge in [-0.1, -0.05) is 5.11 Å². The molecule has 0 rings (SSSR count). The summed E-state index contributed by atoms with van der Waals surface area (Å²) in [5.74, 6) is -1.33. The van der Waals surface area contributed by atoms with E-state index in [0.29, 0.717) is 0 Å². The fourth-order valence-electron chi connectivity index (χ4n) is 0.408. The van der Waals surface area contributed by atoms with E-state index in [9.17, 15) is 4.79 Å². The van der Waals surface area contributed by atoms with Crippen LogP contribution in [0.25, 0.3) is 10.4 Å². The van der Waals surface area contributed by atoms with Gasteiger partial charge in [-0.15, -0.1) is 0 Å². The fourth-order valence-corrected chi connectivity index (χ4v) is 0.408. The maximum Gasteiger partial charge on any atom is 0.315 e. The number of carboxylic acids is 1. The van der Waals surface area contributed by atoms with E-state index in [1.165, 1.54) is 6.92 Å². The van der Waals surface area contributed by atoms with Crippen LogP contribution < -0.4 is 0 Å². The van der Waals surface area contributed by atoms with Crippen molar-refractivity contribution < 1.29 is 15.0 Å². The largest absolute Gasteiger partial charge is 0.481 e. The van der Waals surface area contributed by atoms with Crippen molar-refractivity contribution in [2.75, 3.05) is 0 Å². The van der Waals surface area contributed by atoms with Gasteiger partial charge >= 0.3 is 5.97 Å². The number of azide groups is 1. The maximum atomic E-state index is 10.1. The molecule has 0 saturated heterocycles. The minimum Gasteiger partial charge on any atom is -0.481 e. The predicted molar refractivity (Wildman–Crippen MR) is 32.3 cm³/mol. The Hall–Kier alpha value is -1.26. The molecule has 0 aliphatic heterocycles. The van der Waals surface area contributed by atoms with Gasteiger partial charge < -0.3 is 10.2 Å². The second kappa shape index (κ2) is 3.71. The topological polar surface area (TPSA) is 106 Å². The maximum absolute atomic E-state index is 10.1. The Labute approximate surface area is 56.7 Å². The van der Waals surface area contributed by atoms with Gasteiger partial charge in [-0.2, -0.15) is 0 Å². The number of aliphatic carboxylic acids is 1. The summed E-state index contributed by atoms with van der Waals surface area (Å²) in [6.45, 7) is 1.24. The van der Waals surface area contributed by atoms with Crippen LogP contribution in [0.2, 0.25) is 0 Å². The van der Waals surface area contributed by atoms with Gasteiger partial charge in [0.25, 0.3) is 0 Å². The first-order chi connectivity index (χ1) is 4.59. The molecule has 0 saturated carbocycles. The third-order valence-electron chi connectivity index (χ3n) is 0.886. The molecule has 0 aromatic heterocycles. The molecule has 2 N–H and O–H groups in total. The van der Waals surface area contributed by atoms with Crippen LogP contribution in [0.3, 0.4) is 0 Å². The van der Waals surface area contributed by atoms with Gasteiger partial charge in [0.15, 0.2) is 6.04 Å². The smallest absolute Gasteiger partial charge is 0.315 e. The number of aliphatic hydroxyl groups is 1. The van der Waals surface area contributed by atoms with Crippen molar-refractivity contribution in [3.8, 4) is 0 Å². The summed E-state index contributed by atoms with van der Waals surface area (Å²) in [5, 5.41) is 19.8. The third-order valence-corrected chi connectivity index (χ3v) is 0.886. The number of rotatable bonds is 3. The predicted octanol–water partition coefficient (Wildman–Crippen LogP) is 0.131. The lowest BCUT2D eigenvalue weighted by molar-refractivity contribution is -0.140. The second-order valence-electron chi connectivity index (χ2n) is 1.73. The van der Waals surface area contributed by atoms with Crippen molar-refractivity contribution in [2.45, 2.75) is 19.1 Å². The van der Waals surface area contributed by atoms with E-state index < -0.39 is 18.1 Å². The number of aliphatic hydroxyl groups excluding tert-OH is 1. The Balaban J connectivity index is 4.26. The third kappa shape index (κ3) is 2.34. The van der Waals surface area contributed by atoms with Gasteiger partial charge in [0.05, 0.1) is 6.10 Å². The summed E-state index contributed by atoms with van der Waals surface area (Å²) < 4.78 is 0. The zero-order valence-corrected chi connectivity index (χ0v) is 5.30. The van der Waals surface area contributed by atoms with Crippen LogP contribution in [0, 0.1) is 0 Å². The van der Waals surface area contributed by atoms with Crippen LogP contribution in [0.5, 0.6) is 0 Å². The lowest BCUT2D eigenvalue weighted by atomic mass is 10.2. The van der Waals surface area contributed by atoms with Crippen molar-refractivity contribution in [2.24, 2.45) is 5.11 Å². The molecule has 0 heterocycles. The fraction of sp³-hybridized carbons (Fsp3) is 0.750. The zero-order valence-electron chi connectivity index (χ0n) is 5.30. The molecule has 6 nitrogen and oxygen atoms in total. The Morgan fingerprint density at radius 1 is 1.80 bits per heavy atom. The number of carbonyl (C=O) groups is 1. The van der Waals surface area contributed by atoms with Gasteiger partial charge in [-0.3, -0.25) is 4.79 Å². The number of hydrogen-bond acceptors (Lipinski definition) is 3. The summed E-state index contributed by atoms with van der Waals surface area (Å²) in [7, 11) is 0. The first-order valence-electron chi connectivity index (χ1n) is 2.54. The average molecular weight is 145 g/mol. The second-order valence-corrected chi connectivity index (χ2v) is 1.73. The monoisotopic (exact) mass is 145 g/mol. The highest BCUT2D eigenvalue weighted by atomic mass is 16.4. The molecule has 0 unspecified atom stereocenters. The Bertz CT molecular complexity index is 171. The van der Waals surface area contributed by atoms with Crippen LogP contribution in [-0.4, -0.2) is 28.3 Å². The van der Waals surface area contributed by atoms with Crippen LogP contribution in [-0.2, 0) is 4.79 Å². The molecule has 56 valence electrons. The summed E-state index contributed by atoms with van der Waals surface area (Å²) in [6.07, 6.45) is -1.16. The van der Waals surface area contributed by atoms with Gasteiger partial charge in [0.1, 0.15) is 0 Å². The molecule has 6 heteroatoms. The van der Waals surface area contributed by atoms with Crippen LogP contribution in [0.15, 0.2) is 5.11 Å². The summed E-state index contributed by atoms with van der Waals surface area (Å²) >= 11 is 0. The first kappa shape index (κ1) is 8.74. The highest BCUT2D eigenvalue weighted by molar-refractivity contribution is 5.74. The number of nitrogens with zero attached hydrogens (tertiary/aromatic N) is 3. The van der Waals surface area contributed by atoms with Crippen molar-refractivity contribution in [3.63, 3.8) is 0 Å². The first-order valence-corrected chi connectivity index (χ1v) is 2.54. The Morgan fingerprint density at radius 3 is 2.40 bits per heavy atom. The van der Waals surface area contributed by atoms with E-state index in [1.54, 1.807) is 0 Å². The van der Waals surface area contributed by atoms with E-state index in [2.05, 4.69) is 10.0 Å². The molecule has 2 atom stereocenters. The van der Waals surface area contributed by atoms with E-state index in [1.807, 2.05) is 0 Å². The molecule has 0 radical (unpaired) electrons. The molecule has 0 aromatic rings. The van der Waals surface area contributed by atoms with Crippen molar-refractivity contribution in [3.05, 3.63) is 10.4 Å². The van der Waals surface area contributed by atoms with Gasteiger partial charge in [0.2, 0.25) is 0 Å². The molecule has 0 amide bonds. The molecule has 0 aliphatic rings. The highest BCUT2D eigenvalue weighted by Gasteiger charge is 2.20. The van der Waals surface area contributed by atoms with E-state index in [-0.39, 0.29) is 0 Å². The molecule has 0 aromatic carbocycles. The molecule has 0 fully saturated rings. The van der Waals surface area contributed by atoms with Crippen molar-refractivity contribution >= 4 is 5.97 Å².